The van der Waals surface area contributed by atoms with Crippen molar-refractivity contribution < 1.29 is 9.53 Å². The number of rotatable bonds is 2. The molecule has 0 aromatic carbocycles. The Bertz CT molecular complexity index is 538. The minimum Gasteiger partial charge on any atom is -0.465 e. The lowest BCUT2D eigenvalue weighted by atomic mass is 10.1. The molecule has 0 aliphatic rings. The van der Waals surface area contributed by atoms with Crippen molar-refractivity contribution in [3.63, 3.8) is 0 Å². The Morgan fingerprint density at radius 2 is 2.06 bits per heavy atom. The quantitative estimate of drug-likeness (QED) is 0.720. The van der Waals surface area contributed by atoms with Gasteiger partial charge in [0, 0.05) is 17.8 Å². The molecule has 0 N–H and O–H groups in total. The first-order chi connectivity index (χ1) is 7.74. The van der Waals surface area contributed by atoms with Crippen LogP contribution in [0.3, 0.4) is 0 Å². The van der Waals surface area contributed by atoms with Crippen molar-refractivity contribution in [3.8, 4) is 0 Å². The van der Waals surface area contributed by atoms with Gasteiger partial charge in [-0.2, -0.15) is 0 Å². The first-order valence-corrected chi connectivity index (χ1v) is 5.07. The lowest BCUT2D eigenvalue weighted by molar-refractivity contribution is 0.0600. The molecule has 2 heterocycles. The largest absolute Gasteiger partial charge is 0.465 e. The van der Waals surface area contributed by atoms with E-state index in [1.807, 2.05) is 6.07 Å². The number of carbonyl (C=O) groups is 1. The van der Waals surface area contributed by atoms with E-state index < -0.39 is 0 Å². The van der Waals surface area contributed by atoms with Crippen molar-refractivity contribution in [2.45, 2.75) is 13.3 Å². The van der Waals surface area contributed by atoms with Gasteiger partial charge in [-0.25, -0.2) is 14.8 Å². The van der Waals surface area contributed by atoms with Crippen LogP contribution in [0.15, 0.2) is 24.5 Å². The predicted octanol–water partition coefficient (Wildman–Crippen LogP) is 1.98. The summed E-state index contributed by atoms with van der Waals surface area (Å²) >= 11 is 0. The summed E-state index contributed by atoms with van der Waals surface area (Å²) in [6.45, 7) is 2.06. The SMILES string of the molecule is CCc1cnc2ncc(C(=O)OC)cc2c1. The van der Waals surface area contributed by atoms with E-state index in [9.17, 15) is 4.79 Å². The number of methoxy groups -OCH3 is 1. The van der Waals surface area contributed by atoms with Crippen molar-refractivity contribution >= 4 is 17.0 Å². The zero-order valence-electron chi connectivity index (χ0n) is 9.23. The van der Waals surface area contributed by atoms with E-state index in [1.165, 1.54) is 13.3 Å². The summed E-state index contributed by atoms with van der Waals surface area (Å²) < 4.78 is 4.64. The minimum absolute atomic E-state index is 0.378. The van der Waals surface area contributed by atoms with Gasteiger partial charge >= 0.3 is 5.97 Å². The molecular weight excluding hydrogens is 204 g/mol. The first-order valence-electron chi connectivity index (χ1n) is 5.07. The number of pyridine rings is 2. The average Bonchev–Trinajstić information content (AvgIpc) is 2.36. The van der Waals surface area contributed by atoms with Crippen LogP contribution in [0.25, 0.3) is 11.0 Å². The third-order valence-electron chi connectivity index (χ3n) is 2.42. The van der Waals surface area contributed by atoms with Gasteiger partial charge in [-0.15, -0.1) is 0 Å². The van der Waals surface area contributed by atoms with E-state index in [4.69, 9.17) is 0 Å². The summed E-state index contributed by atoms with van der Waals surface area (Å²) in [5, 5.41) is 0.863. The van der Waals surface area contributed by atoms with Crippen LogP contribution in [0.2, 0.25) is 0 Å². The highest BCUT2D eigenvalue weighted by molar-refractivity contribution is 5.92. The smallest absolute Gasteiger partial charge is 0.339 e. The molecule has 82 valence electrons. The number of aromatic nitrogens is 2. The van der Waals surface area contributed by atoms with Crippen LogP contribution in [-0.2, 0) is 11.2 Å². The van der Waals surface area contributed by atoms with Gasteiger partial charge in [-0.05, 0) is 24.1 Å². The van der Waals surface area contributed by atoms with Crippen LogP contribution >= 0.6 is 0 Å². The van der Waals surface area contributed by atoms with Crippen LogP contribution in [0, 0.1) is 0 Å². The number of carbonyl (C=O) groups excluding carboxylic acids is 1. The number of esters is 1. The molecule has 0 unspecified atom stereocenters. The van der Waals surface area contributed by atoms with E-state index in [-0.39, 0.29) is 5.97 Å². The maximum absolute atomic E-state index is 11.3. The van der Waals surface area contributed by atoms with Gasteiger partial charge in [0.25, 0.3) is 0 Å². The molecule has 0 saturated carbocycles. The molecule has 0 spiro atoms. The second-order valence-electron chi connectivity index (χ2n) is 3.46. The van der Waals surface area contributed by atoms with Gasteiger partial charge in [-0.1, -0.05) is 6.92 Å². The zero-order chi connectivity index (χ0) is 11.5. The minimum atomic E-state index is -0.378. The fraction of sp³-hybridized carbons (Fsp3) is 0.250. The summed E-state index contributed by atoms with van der Waals surface area (Å²) in [6.07, 6.45) is 4.19. The van der Waals surface area contributed by atoms with Crippen LogP contribution in [-0.4, -0.2) is 23.0 Å². The maximum Gasteiger partial charge on any atom is 0.339 e. The average molecular weight is 216 g/mol. The lowest BCUT2D eigenvalue weighted by Crippen LogP contribution is -2.02. The van der Waals surface area contributed by atoms with Crippen molar-refractivity contribution in [2.24, 2.45) is 0 Å². The molecule has 16 heavy (non-hydrogen) atoms. The number of hydrogen-bond donors (Lipinski definition) is 0. The van der Waals surface area contributed by atoms with Gasteiger partial charge < -0.3 is 4.74 Å². The molecular formula is C12H12N2O2. The molecule has 0 bridgehead atoms. The number of nitrogens with zero attached hydrogens (tertiary/aromatic N) is 2. The van der Waals surface area contributed by atoms with Gasteiger partial charge in [0.2, 0.25) is 0 Å². The Hall–Kier alpha value is -1.97. The normalized spacial score (nSPS) is 10.4. The lowest BCUT2D eigenvalue weighted by Gasteiger charge is -2.02. The summed E-state index contributed by atoms with van der Waals surface area (Å²) in [5.41, 5.74) is 2.21. The fourth-order valence-electron chi connectivity index (χ4n) is 1.49. The highest BCUT2D eigenvalue weighted by Gasteiger charge is 2.07. The molecule has 4 nitrogen and oxygen atoms in total. The second kappa shape index (κ2) is 4.26. The van der Waals surface area contributed by atoms with Gasteiger partial charge in [-0.3, -0.25) is 0 Å². The second-order valence-corrected chi connectivity index (χ2v) is 3.46. The Kier molecular flexibility index (Phi) is 2.81. The van der Waals surface area contributed by atoms with Crippen molar-refractivity contribution in [3.05, 3.63) is 35.7 Å². The summed E-state index contributed by atoms with van der Waals surface area (Å²) in [4.78, 5) is 19.7. The highest BCUT2D eigenvalue weighted by atomic mass is 16.5. The molecule has 2 rings (SSSR count). The van der Waals surface area contributed by atoms with Crippen LogP contribution < -0.4 is 0 Å². The van der Waals surface area contributed by atoms with Crippen LogP contribution in [0.5, 0.6) is 0 Å². The number of aryl methyl sites for hydroxylation is 1. The molecule has 0 fully saturated rings. The molecule has 2 aromatic heterocycles. The summed E-state index contributed by atoms with van der Waals surface area (Å²) in [7, 11) is 1.35. The third kappa shape index (κ3) is 1.86. The molecule has 2 aromatic rings. The van der Waals surface area contributed by atoms with Crippen LogP contribution in [0.4, 0.5) is 0 Å². The first kappa shape index (κ1) is 10.5. The molecule has 0 saturated heterocycles. The van der Waals surface area contributed by atoms with E-state index in [2.05, 4.69) is 21.6 Å². The van der Waals surface area contributed by atoms with Gasteiger partial charge in [0.1, 0.15) is 0 Å². The molecule has 0 atom stereocenters. The topological polar surface area (TPSA) is 52.1 Å². The van der Waals surface area contributed by atoms with E-state index in [1.54, 1.807) is 12.3 Å². The zero-order valence-corrected chi connectivity index (χ0v) is 9.23. The number of fused-ring (bicyclic) bond motifs is 1. The fourth-order valence-corrected chi connectivity index (χ4v) is 1.49. The van der Waals surface area contributed by atoms with Crippen LogP contribution in [0.1, 0.15) is 22.8 Å². The summed E-state index contributed by atoms with van der Waals surface area (Å²) in [6, 6.07) is 3.74. The number of ether oxygens (including phenoxy) is 1. The monoisotopic (exact) mass is 216 g/mol. The molecule has 0 amide bonds. The third-order valence-corrected chi connectivity index (χ3v) is 2.42. The maximum atomic E-state index is 11.3. The molecule has 0 aliphatic carbocycles. The highest BCUT2D eigenvalue weighted by Crippen LogP contribution is 2.14. The van der Waals surface area contributed by atoms with E-state index in [0.29, 0.717) is 11.2 Å². The van der Waals surface area contributed by atoms with Gasteiger partial charge in [0.05, 0.1) is 12.7 Å². The van der Waals surface area contributed by atoms with Crippen molar-refractivity contribution in [1.82, 2.24) is 9.97 Å². The Morgan fingerprint density at radius 3 is 2.75 bits per heavy atom. The Labute approximate surface area is 93.3 Å². The van der Waals surface area contributed by atoms with E-state index >= 15 is 0 Å². The Balaban J connectivity index is 2.54. The summed E-state index contributed by atoms with van der Waals surface area (Å²) in [5.74, 6) is -0.378. The Morgan fingerprint density at radius 1 is 1.31 bits per heavy atom. The van der Waals surface area contributed by atoms with Crippen molar-refractivity contribution in [2.75, 3.05) is 7.11 Å². The standard InChI is InChI=1S/C12H12N2O2/c1-3-8-4-9-5-10(12(15)16-2)7-14-11(9)13-6-8/h4-7H,3H2,1-2H3. The van der Waals surface area contributed by atoms with Gasteiger partial charge in [0.15, 0.2) is 5.65 Å². The molecule has 0 aliphatic heterocycles. The van der Waals surface area contributed by atoms with E-state index in [0.717, 1.165) is 17.4 Å². The predicted molar refractivity (Wildman–Crippen MR) is 60.3 cm³/mol. The molecule has 4 heteroatoms. The number of hydrogen-bond acceptors (Lipinski definition) is 4. The van der Waals surface area contributed by atoms with Crippen molar-refractivity contribution in [1.29, 1.82) is 0 Å². The molecule has 0 radical (unpaired) electrons.